The van der Waals surface area contributed by atoms with Crippen LogP contribution < -0.4 is 10.1 Å². The minimum atomic E-state index is 0.0614. The highest BCUT2D eigenvalue weighted by atomic mass is 35.5. The van der Waals surface area contributed by atoms with Gasteiger partial charge in [-0.3, -0.25) is 14.5 Å². The highest BCUT2D eigenvalue weighted by Gasteiger charge is 2.19. The Bertz CT molecular complexity index is 948. The number of benzene rings is 2. The number of carbonyl (C=O) groups excluding carboxylic acids is 2. The van der Waals surface area contributed by atoms with Crippen LogP contribution in [-0.2, 0) is 22.6 Å². The van der Waals surface area contributed by atoms with E-state index in [0.29, 0.717) is 25.9 Å². The van der Waals surface area contributed by atoms with Gasteiger partial charge in [0.1, 0.15) is 5.75 Å². The topological polar surface area (TPSA) is 61.9 Å². The molecule has 6 nitrogen and oxygen atoms in total. The summed E-state index contributed by atoms with van der Waals surface area (Å²) >= 11 is 5.97. The van der Waals surface area contributed by atoms with Crippen LogP contribution in [0.15, 0.2) is 42.5 Å². The standard InChI is InChI=1S/C25H30ClN3O3/c26-21-7-4-19(5-8-21)18-28-12-2-13-29(15-14-28)25(31)3-1-16-32-22-9-10-23-20(17-22)6-11-24(30)27-23/h4-5,7-10,17H,1-3,6,11-16,18H2,(H,27,30). The van der Waals surface area contributed by atoms with E-state index < -0.39 is 0 Å². The molecule has 0 unspecified atom stereocenters. The summed E-state index contributed by atoms with van der Waals surface area (Å²) in [6.45, 7) is 4.85. The highest BCUT2D eigenvalue weighted by Crippen LogP contribution is 2.27. The Morgan fingerprint density at radius 1 is 1.03 bits per heavy atom. The van der Waals surface area contributed by atoms with Crippen molar-refractivity contribution in [3.63, 3.8) is 0 Å². The average Bonchev–Trinajstić information content (AvgIpc) is 3.04. The summed E-state index contributed by atoms with van der Waals surface area (Å²) in [5, 5.41) is 3.63. The van der Waals surface area contributed by atoms with Gasteiger partial charge in [-0.1, -0.05) is 23.7 Å². The number of anilines is 1. The first-order chi connectivity index (χ1) is 15.6. The molecule has 170 valence electrons. The van der Waals surface area contributed by atoms with Gasteiger partial charge in [-0.25, -0.2) is 0 Å². The van der Waals surface area contributed by atoms with Crippen molar-refractivity contribution in [1.29, 1.82) is 0 Å². The SMILES string of the molecule is O=C1CCc2cc(OCCCC(=O)N3CCCN(Cc4ccc(Cl)cc4)CC3)ccc2N1. The number of amides is 2. The summed E-state index contributed by atoms with van der Waals surface area (Å²) in [5.74, 6) is 1.06. The molecule has 0 aliphatic carbocycles. The zero-order valence-corrected chi connectivity index (χ0v) is 19.1. The molecule has 7 heteroatoms. The fourth-order valence-corrected chi connectivity index (χ4v) is 4.37. The number of nitrogens with one attached hydrogen (secondary N) is 1. The second-order valence-electron chi connectivity index (χ2n) is 8.46. The maximum atomic E-state index is 12.7. The number of carbonyl (C=O) groups is 2. The van der Waals surface area contributed by atoms with Gasteiger partial charge in [0, 0.05) is 56.3 Å². The molecule has 4 rings (SSSR count). The molecule has 0 radical (unpaired) electrons. The van der Waals surface area contributed by atoms with E-state index in [4.69, 9.17) is 16.3 Å². The lowest BCUT2D eigenvalue weighted by molar-refractivity contribution is -0.131. The third kappa shape index (κ3) is 6.24. The smallest absolute Gasteiger partial charge is 0.224 e. The first kappa shape index (κ1) is 22.6. The lowest BCUT2D eigenvalue weighted by Gasteiger charge is -2.22. The summed E-state index contributed by atoms with van der Waals surface area (Å²) in [6.07, 6.45) is 3.43. The summed E-state index contributed by atoms with van der Waals surface area (Å²) in [7, 11) is 0. The summed E-state index contributed by atoms with van der Waals surface area (Å²) in [5.41, 5.74) is 3.22. The zero-order valence-electron chi connectivity index (χ0n) is 18.3. The van der Waals surface area contributed by atoms with Gasteiger partial charge in [0.15, 0.2) is 0 Å². The Morgan fingerprint density at radius 3 is 2.72 bits per heavy atom. The second-order valence-corrected chi connectivity index (χ2v) is 8.89. The van der Waals surface area contributed by atoms with Crippen LogP contribution in [0.3, 0.4) is 0 Å². The number of aryl methyl sites for hydroxylation is 1. The minimum absolute atomic E-state index is 0.0614. The van der Waals surface area contributed by atoms with Gasteiger partial charge in [-0.15, -0.1) is 0 Å². The van der Waals surface area contributed by atoms with Gasteiger partial charge in [-0.2, -0.15) is 0 Å². The van der Waals surface area contributed by atoms with Crippen molar-refractivity contribution in [2.75, 3.05) is 38.1 Å². The minimum Gasteiger partial charge on any atom is -0.494 e. The molecule has 0 spiro atoms. The Labute approximate surface area is 194 Å². The second kappa shape index (κ2) is 10.8. The Morgan fingerprint density at radius 2 is 1.88 bits per heavy atom. The summed E-state index contributed by atoms with van der Waals surface area (Å²) < 4.78 is 5.85. The Balaban J connectivity index is 1.17. The van der Waals surface area contributed by atoms with Crippen LogP contribution in [0.25, 0.3) is 0 Å². The number of rotatable bonds is 7. The van der Waals surface area contributed by atoms with E-state index in [1.165, 1.54) is 5.56 Å². The lowest BCUT2D eigenvalue weighted by atomic mass is 10.0. The molecule has 0 bridgehead atoms. The quantitative estimate of drug-likeness (QED) is 0.638. The number of halogens is 1. The van der Waals surface area contributed by atoms with Crippen molar-refractivity contribution in [1.82, 2.24) is 9.80 Å². The number of ether oxygens (including phenoxy) is 1. The molecule has 1 N–H and O–H groups in total. The van der Waals surface area contributed by atoms with Crippen LogP contribution in [0.4, 0.5) is 5.69 Å². The van der Waals surface area contributed by atoms with Crippen LogP contribution in [0.1, 0.15) is 36.8 Å². The van der Waals surface area contributed by atoms with E-state index >= 15 is 0 Å². The maximum absolute atomic E-state index is 12.7. The molecule has 2 amide bonds. The van der Waals surface area contributed by atoms with Crippen molar-refractivity contribution in [3.05, 3.63) is 58.6 Å². The van der Waals surface area contributed by atoms with Crippen LogP contribution in [-0.4, -0.2) is 54.4 Å². The first-order valence-corrected chi connectivity index (χ1v) is 11.7. The molecule has 0 atom stereocenters. The van der Waals surface area contributed by atoms with Crippen LogP contribution in [0.5, 0.6) is 5.75 Å². The molecule has 2 heterocycles. The highest BCUT2D eigenvalue weighted by molar-refractivity contribution is 6.30. The molecule has 1 fully saturated rings. The van der Waals surface area contributed by atoms with E-state index in [-0.39, 0.29) is 11.8 Å². The fourth-order valence-electron chi connectivity index (χ4n) is 4.25. The van der Waals surface area contributed by atoms with Crippen molar-refractivity contribution < 1.29 is 14.3 Å². The van der Waals surface area contributed by atoms with Gasteiger partial charge in [0.25, 0.3) is 0 Å². The van der Waals surface area contributed by atoms with Gasteiger partial charge >= 0.3 is 0 Å². The summed E-state index contributed by atoms with van der Waals surface area (Å²) in [4.78, 5) is 28.5. The zero-order chi connectivity index (χ0) is 22.3. The van der Waals surface area contributed by atoms with Gasteiger partial charge in [0.2, 0.25) is 11.8 Å². The third-order valence-electron chi connectivity index (χ3n) is 6.04. The maximum Gasteiger partial charge on any atom is 0.224 e. The largest absolute Gasteiger partial charge is 0.494 e. The number of nitrogens with zero attached hydrogens (tertiary/aromatic N) is 2. The molecular weight excluding hydrogens is 426 g/mol. The van der Waals surface area contributed by atoms with E-state index in [9.17, 15) is 9.59 Å². The van der Waals surface area contributed by atoms with Crippen molar-refractivity contribution in [2.45, 2.75) is 38.6 Å². The predicted molar refractivity (Wildman–Crippen MR) is 126 cm³/mol. The van der Waals surface area contributed by atoms with Gasteiger partial charge in [-0.05, 0) is 60.7 Å². The number of hydrogen-bond donors (Lipinski definition) is 1. The van der Waals surface area contributed by atoms with E-state index in [1.807, 2.05) is 35.2 Å². The van der Waals surface area contributed by atoms with Crippen LogP contribution in [0.2, 0.25) is 5.02 Å². The van der Waals surface area contributed by atoms with Gasteiger partial charge < -0.3 is 15.0 Å². The van der Waals surface area contributed by atoms with Crippen molar-refractivity contribution >= 4 is 29.1 Å². The fraction of sp³-hybridized carbons (Fsp3) is 0.440. The van der Waals surface area contributed by atoms with Gasteiger partial charge in [0.05, 0.1) is 6.61 Å². The number of fused-ring (bicyclic) bond motifs is 1. The molecule has 2 aliphatic rings. The van der Waals surface area contributed by atoms with E-state index in [2.05, 4.69) is 22.3 Å². The number of hydrogen-bond acceptors (Lipinski definition) is 4. The normalized spacial score (nSPS) is 16.8. The molecule has 32 heavy (non-hydrogen) atoms. The molecule has 2 aromatic rings. The van der Waals surface area contributed by atoms with Crippen molar-refractivity contribution in [2.24, 2.45) is 0 Å². The van der Waals surface area contributed by atoms with Crippen LogP contribution in [0, 0.1) is 0 Å². The molecule has 0 saturated carbocycles. The lowest BCUT2D eigenvalue weighted by Crippen LogP contribution is -2.35. The molecular formula is C25H30ClN3O3. The Hall–Kier alpha value is -2.57. The van der Waals surface area contributed by atoms with Crippen LogP contribution >= 0.6 is 11.6 Å². The Kier molecular flexibility index (Phi) is 7.66. The van der Waals surface area contributed by atoms with E-state index in [0.717, 1.165) is 67.6 Å². The third-order valence-corrected chi connectivity index (χ3v) is 6.29. The monoisotopic (exact) mass is 455 g/mol. The first-order valence-electron chi connectivity index (χ1n) is 11.4. The predicted octanol–water partition coefficient (Wildman–Crippen LogP) is 4.12. The molecule has 2 aliphatic heterocycles. The molecule has 1 saturated heterocycles. The molecule has 0 aromatic heterocycles. The summed E-state index contributed by atoms with van der Waals surface area (Å²) in [6, 6.07) is 13.7. The van der Waals surface area contributed by atoms with Crippen molar-refractivity contribution in [3.8, 4) is 5.75 Å². The molecule has 2 aromatic carbocycles. The average molecular weight is 456 g/mol. The van der Waals surface area contributed by atoms with E-state index in [1.54, 1.807) is 0 Å².